The summed E-state index contributed by atoms with van der Waals surface area (Å²) in [4.78, 5) is 16.5. The van der Waals surface area contributed by atoms with E-state index < -0.39 is 10.2 Å². The molecule has 0 fully saturated rings. The third-order valence-electron chi connectivity index (χ3n) is 0. The van der Waals surface area contributed by atoms with Gasteiger partial charge in [0.2, 0.25) is 0 Å². The molecule has 0 N–H and O–H groups in total. The Balaban J connectivity index is -0.00000000800. The maximum Gasteiger partial charge on any atom is 1.00 e. The van der Waals surface area contributed by atoms with Crippen LogP contribution in [0.4, 0.5) is 0 Å². The molecule has 0 amide bonds. The SMILES string of the molecule is O=[N+]([O-])[O-].O=[N+]([O-])[O-].[Cd].[H+].[H+].[H+].[H+]. The molecule has 0 radical (unpaired) electrons. The zero-order chi connectivity index (χ0) is 7.15. The average Bonchev–Trinajstić information content (AvgIpc) is 1.25. The fourth-order valence-electron chi connectivity index (χ4n) is 0. The van der Waals surface area contributed by atoms with Crippen molar-refractivity contribution < 1.29 is 43.2 Å². The smallest absolute Gasteiger partial charge is 0.356 e. The Morgan fingerprint density at radius 1 is 0.889 bits per heavy atom. The second kappa shape index (κ2) is 10.3. The van der Waals surface area contributed by atoms with Gasteiger partial charge in [-0.25, -0.2) is 0 Å². The zero-order valence-electron chi connectivity index (χ0n) is 8.05. The summed E-state index contributed by atoms with van der Waals surface area (Å²) in [5.74, 6) is 0. The fourth-order valence-corrected chi connectivity index (χ4v) is 0. The van der Waals surface area contributed by atoms with E-state index >= 15 is 0 Å². The van der Waals surface area contributed by atoms with Crippen LogP contribution in [-0.4, -0.2) is 10.2 Å². The van der Waals surface area contributed by atoms with E-state index in [1.165, 1.54) is 0 Å². The van der Waals surface area contributed by atoms with Gasteiger partial charge in [-0.15, -0.1) is 0 Å². The van der Waals surface area contributed by atoms with Crippen LogP contribution in [0.1, 0.15) is 5.71 Å². The van der Waals surface area contributed by atoms with Gasteiger partial charge in [0.15, 0.2) is 0 Å². The van der Waals surface area contributed by atoms with Crippen LogP contribution in [0.3, 0.4) is 0 Å². The maximum atomic E-state index is 8.25. The summed E-state index contributed by atoms with van der Waals surface area (Å²) in [5.41, 5.74) is 0. The van der Waals surface area contributed by atoms with E-state index in [4.69, 9.17) is 30.6 Å². The molecule has 0 unspecified atom stereocenters. The van der Waals surface area contributed by atoms with Crippen molar-refractivity contribution in [2.75, 3.05) is 0 Å². The molecule has 0 aromatic carbocycles. The Bertz CT molecular complexity index is 80.6. The first-order valence-corrected chi connectivity index (χ1v) is 1.10. The molecule has 0 aromatic rings. The molecule has 9 heavy (non-hydrogen) atoms. The quantitative estimate of drug-likeness (QED) is 0.331. The summed E-state index contributed by atoms with van der Waals surface area (Å²) in [6.45, 7) is 0. The molecule has 0 bridgehead atoms. The maximum absolute atomic E-state index is 8.25. The monoisotopic (exact) mass is 242 g/mol. The first kappa shape index (κ1) is 15.8. The molecule has 0 heterocycles. The summed E-state index contributed by atoms with van der Waals surface area (Å²) >= 11 is 0. The van der Waals surface area contributed by atoms with E-state index in [9.17, 15) is 0 Å². The van der Waals surface area contributed by atoms with Gasteiger partial charge in [-0.3, -0.25) is 0 Å². The van der Waals surface area contributed by atoms with Crippen molar-refractivity contribution in [1.82, 2.24) is 0 Å². The molecule has 0 aliphatic carbocycles. The van der Waals surface area contributed by atoms with Crippen molar-refractivity contribution in [3.63, 3.8) is 0 Å². The summed E-state index contributed by atoms with van der Waals surface area (Å²) < 4.78 is 0. The van der Waals surface area contributed by atoms with Gasteiger partial charge < -0.3 is 30.6 Å². The van der Waals surface area contributed by atoms with E-state index in [1.807, 2.05) is 0 Å². The second-order valence-electron chi connectivity index (χ2n) is 0.447. The first-order chi connectivity index (χ1) is 3.46. The van der Waals surface area contributed by atoms with Crippen LogP contribution in [0.15, 0.2) is 0 Å². The van der Waals surface area contributed by atoms with Crippen molar-refractivity contribution >= 4 is 0 Å². The fraction of sp³-hybridized carbons (Fsp3) is 0. The summed E-state index contributed by atoms with van der Waals surface area (Å²) in [6.07, 6.45) is 0. The van der Waals surface area contributed by atoms with Crippen molar-refractivity contribution in [3.8, 4) is 0 Å². The molecule has 0 atom stereocenters. The Kier molecular flexibility index (Phi) is 18.1. The number of hydrogen-bond donors (Lipinski definition) is 0. The Morgan fingerprint density at radius 3 is 0.889 bits per heavy atom. The van der Waals surface area contributed by atoms with Crippen LogP contribution in [-0.2, 0) is 27.3 Å². The summed E-state index contributed by atoms with van der Waals surface area (Å²) in [7, 11) is 0. The molecule has 0 saturated heterocycles. The molecule has 0 aliphatic rings. The zero-order valence-corrected chi connectivity index (χ0v) is 8.09. The van der Waals surface area contributed by atoms with Crippen molar-refractivity contribution in [2.45, 2.75) is 0 Å². The standard InChI is InChI=1S/Cd.2NO3/c;2*2-1(3)4/q;2*-1/p+4. The van der Waals surface area contributed by atoms with E-state index in [2.05, 4.69) is 0 Å². The van der Waals surface area contributed by atoms with Gasteiger partial charge in [0.05, 0.1) is 10.2 Å². The summed E-state index contributed by atoms with van der Waals surface area (Å²) in [6, 6.07) is 0. The van der Waals surface area contributed by atoms with Crippen LogP contribution >= 0.6 is 0 Å². The topological polar surface area (TPSA) is 132 Å². The van der Waals surface area contributed by atoms with Gasteiger partial charge in [0, 0.05) is 27.3 Å². The van der Waals surface area contributed by atoms with Gasteiger partial charge in [-0.1, -0.05) is 0 Å². The molecular weight excluding hydrogens is 236 g/mol. The third-order valence-corrected chi connectivity index (χ3v) is 0. The van der Waals surface area contributed by atoms with Crippen molar-refractivity contribution in [2.24, 2.45) is 0 Å². The molecule has 0 spiro atoms. The molecule has 0 aromatic heterocycles. The van der Waals surface area contributed by atoms with Crippen LogP contribution < -0.4 is 0 Å². The number of rotatable bonds is 0. The van der Waals surface area contributed by atoms with Gasteiger partial charge >= 0.3 is 5.71 Å². The van der Waals surface area contributed by atoms with Gasteiger partial charge in [-0.2, -0.15) is 0 Å². The second-order valence-corrected chi connectivity index (χ2v) is 0.447. The first-order valence-electron chi connectivity index (χ1n) is 1.10. The molecule has 8 nitrogen and oxygen atoms in total. The minimum absolute atomic E-state index is 0. The minimum atomic E-state index is -1.75. The molecular formula is H4CdN2O6+2. The molecule has 9 heteroatoms. The van der Waals surface area contributed by atoms with E-state index in [1.54, 1.807) is 0 Å². The molecule has 50 valence electrons. The molecule has 0 saturated carbocycles. The Labute approximate surface area is 74.4 Å². The predicted molar refractivity (Wildman–Crippen MR) is 25.2 cm³/mol. The largest absolute Gasteiger partial charge is 1.00 e. The van der Waals surface area contributed by atoms with Crippen LogP contribution in [0.2, 0.25) is 0 Å². The van der Waals surface area contributed by atoms with Crippen LogP contribution in [0.25, 0.3) is 0 Å². The molecule has 0 rings (SSSR count). The normalized spacial score (nSPS) is 5.33. The summed E-state index contributed by atoms with van der Waals surface area (Å²) in [5, 5.41) is 29.5. The Hall–Kier alpha value is -0.678. The van der Waals surface area contributed by atoms with Crippen molar-refractivity contribution in [3.05, 3.63) is 30.6 Å². The van der Waals surface area contributed by atoms with Gasteiger partial charge in [-0.05, 0) is 0 Å². The van der Waals surface area contributed by atoms with Gasteiger partial charge in [0.1, 0.15) is 0 Å². The van der Waals surface area contributed by atoms with E-state index in [0.717, 1.165) is 0 Å². The van der Waals surface area contributed by atoms with Crippen LogP contribution in [0, 0.1) is 30.6 Å². The van der Waals surface area contributed by atoms with E-state index in [0.29, 0.717) is 0 Å². The van der Waals surface area contributed by atoms with Gasteiger partial charge in [0.25, 0.3) is 0 Å². The molecule has 0 aliphatic heterocycles. The number of nitrogens with zero attached hydrogens (tertiary/aromatic N) is 2. The predicted octanol–water partition coefficient (Wildman–Crippen LogP) is -0.0307. The Morgan fingerprint density at radius 2 is 0.889 bits per heavy atom. The third kappa shape index (κ3) is 451. The van der Waals surface area contributed by atoms with E-state index in [-0.39, 0.29) is 33.0 Å². The average molecular weight is 240 g/mol. The minimum Gasteiger partial charge on any atom is -0.356 e. The van der Waals surface area contributed by atoms with Crippen molar-refractivity contribution in [1.29, 1.82) is 0 Å². The number of hydrogen-bond acceptors (Lipinski definition) is 6. The van der Waals surface area contributed by atoms with Crippen LogP contribution in [0.5, 0.6) is 0 Å².